The second-order valence-electron chi connectivity index (χ2n) is 5.39. The van der Waals surface area contributed by atoms with Gasteiger partial charge < -0.3 is 5.32 Å². The first-order chi connectivity index (χ1) is 7.93. The zero-order chi connectivity index (χ0) is 10.8. The van der Waals surface area contributed by atoms with Crippen molar-refractivity contribution in [2.24, 2.45) is 11.8 Å². The van der Waals surface area contributed by atoms with Crippen molar-refractivity contribution in [2.75, 3.05) is 6.54 Å². The molecule has 0 saturated heterocycles. The smallest absolute Gasteiger partial charge is 0.0443 e. The Labute approximate surface area is 102 Å². The summed E-state index contributed by atoms with van der Waals surface area (Å²) in [5, 5.41) is 6.05. The van der Waals surface area contributed by atoms with E-state index in [2.05, 4.69) is 22.8 Å². The van der Waals surface area contributed by atoms with Gasteiger partial charge in [-0.3, -0.25) is 0 Å². The van der Waals surface area contributed by atoms with E-state index < -0.39 is 0 Å². The van der Waals surface area contributed by atoms with Crippen molar-refractivity contribution >= 4 is 11.3 Å². The zero-order valence-electron chi connectivity index (χ0n) is 9.82. The van der Waals surface area contributed by atoms with Gasteiger partial charge in [-0.2, -0.15) is 0 Å². The van der Waals surface area contributed by atoms with E-state index in [9.17, 15) is 0 Å². The van der Waals surface area contributed by atoms with Crippen molar-refractivity contribution in [3.8, 4) is 0 Å². The minimum Gasteiger partial charge on any atom is -0.309 e. The molecule has 0 spiro atoms. The van der Waals surface area contributed by atoms with E-state index in [-0.39, 0.29) is 0 Å². The molecule has 2 aliphatic rings. The lowest BCUT2D eigenvalue weighted by Gasteiger charge is -2.23. The van der Waals surface area contributed by atoms with Gasteiger partial charge >= 0.3 is 0 Å². The molecule has 16 heavy (non-hydrogen) atoms. The summed E-state index contributed by atoms with van der Waals surface area (Å²) in [6, 6.07) is 5.16. The average Bonchev–Trinajstić information content (AvgIpc) is 2.82. The second-order valence-corrected chi connectivity index (χ2v) is 6.37. The third kappa shape index (κ3) is 2.49. The van der Waals surface area contributed by atoms with Crippen LogP contribution >= 0.6 is 11.3 Å². The topological polar surface area (TPSA) is 12.0 Å². The van der Waals surface area contributed by atoms with Crippen LogP contribution in [0.3, 0.4) is 0 Å². The lowest BCUT2D eigenvalue weighted by molar-refractivity contribution is 0.367. The summed E-state index contributed by atoms with van der Waals surface area (Å²) in [7, 11) is 0. The number of hydrogen-bond donors (Lipinski definition) is 1. The molecule has 1 N–H and O–H groups in total. The lowest BCUT2D eigenvalue weighted by atomic mass is 9.96. The molecule has 0 aliphatic heterocycles. The quantitative estimate of drug-likeness (QED) is 0.814. The number of rotatable bonds is 5. The van der Waals surface area contributed by atoms with Crippen LogP contribution in [-0.4, -0.2) is 6.54 Å². The summed E-state index contributed by atoms with van der Waals surface area (Å²) in [6.07, 6.45) is 8.65. The standard InChI is InChI=1S/C14H21NS/c1-2-5-12(4-1)14(13-6-3-9-16-13)15-10-11-7-8-11/h3,6,9,11-12,14-15H,1-2,4-5,7-8,10H2. The van der Waals surface area contributed by atoms with Crippen LogP contribution in [0.25, 0.3) is 0 Å². The largest absolute Gasteiger partial charge is 0.309 e. The molecule has 1 nitrogen and oxygen atoms in total. The van der Waals surface area contributed by atoms with Crippen LogP contribution in [0.4, 0.5) is 0 Å². The first-order valence-corrected chi connectivity index (χ1v) is 7.58. The van der Waals surface area contributed by atoms with Gasteiger partial charge in [0.15, 0.2) is 0 Å². The fraction of sp³-hybridized carbons (Fsp3) is 0.714. The summed E-state index contributed by atoms with van der Waals surface area (Å²) < 4.78 is 0. The number of hydrogen-bond acceptors (Lipinski definition) is 2. The van der Waals surface area contributed by atoms with E-state index in [0.717, 1.165) is 11.8 Å². The predicted molar refractivity (Wildman–Crippen MR) is 69.7 cm³/mol. The fourth-order valence-electron chi connectivity index (χ4n) is 2.87. The molecule has 1 aromatic rings. The van der Waals surface area contributed by atoms with E-state index in [1.54, 1.807) is 4.88 Å². The van der Waals surface area contributed by atoms with Crippen molar-refractivity contribution in [1.82, 2.24) is 5.32 Å². The summed E-state index contributed by atoms with van der Waals surface area (Å²) in [5.41, 5.74) is 0. The van der Waals surface area contributed by atoms with Gasteiger partial charge in [0.25, 0.3) is 0 Å². The van der Waals surface area contributed by atoms with Crippen LogP contribution in [-0.2, 0) is 0 Å². The maximum atomic E-state index is 3.84. The van der Waals surface area contributed by atoms with E-state index in [1.165, 1.54) is 45.1 Å². The molecule has 0 amide bonds. The minimum atomic E-state index is 0.656. The molecule has 2 aliphatic carbocycles. The SMILES string of the molecule is c1csc(C(NCC2CC2)C2CCCC2)c1. The number of nitrogens with one attached hydrogen (secondary N) is 1. The maximum absolute atomic E-state index is 3.84. The van der Waals surface area contributed by atoms with Crippen LogP contribution in [0.5, 0.6) is 0 Å². The van der Waals surface area contributed by atoms with Gasteiger partial charge in [0.1, 0.15) is 0 Å². The third-order valence-corrected chi connectivity index (χ3v) is 5.00. The van der Waals surface area contributed by atoms with Crippen molar-refractivity contribution in [3.05, 3.63) is 22.4 Å². The first-order valence-electron chi connectivity index (χ1n) is 6.70. The molecular formula is C14H21NS. The van der Waals surface area contributed by atoms with E-state index in [4.69, 9.17) is 0 Å². The number of thiophene rings is 1. The first kappa shape index (κ1) is 10.8. The van der Waals surface area contributed by atoms with Crippen molar-refractivity contribution < 1.29 is 0 Å². The van der Waals surface area contributed by atoms with Gasteiger partial charge in [-0.25, -0.2) is 0 Å². The minimum absolute atomic E-state index is 0.656. The Bertz CT molecular complexity index is 309. The van der Waals surface area contributed by atoms with E-state index >= 15 is 0 Å². The van der Waals surface area contributed by atoms with Gasteiger partial charge in [0.05, 0.1) is 0 Å². The lowest BCUT2D eigenvalue weighted by Crippen LogP contribution is -2.28. The molecule has 3 rings (SSSR count). The van der Waals surface area contributed by atoms with Crippen molar-refractivity contribution in [1.29, 1.82) is 0 Å². The third-order valence-electron chi connectivity index (χ3n) is 4.04. The Kier molecular flexibility index (Phi) is 3.30. The molecule has 0 bridgehead atoms. The Morgan fingerprint density at radius 2 is 2.06 bits per heavy atom. The normalized spacial score (nSPS) is 23.8. The highest BCUT2D eigenvalue weighted by molar-refractivity contribution is 7.10. The summed E-state index contributed by atoms with van der Waals surface area (Å²) in [6.45, 7) is 1.25. The second kappa shape index (κ2) is 4.89. The van der Waals surface area contributed by atoms with Crippen LogP contribution < -0.4 is 5.32 Å². The molecule has 2 saturated carbocycles. The highest BCUT2D eigenvalue weighted by atomic mass is 32.1. The van der Waals surface area contributed by atoms with Crippen molar-refractivity contribution in [3.63, 3.8) is 0 Å². The summed E-state index contributed by atoms with van der Waals surface area (Å²) >= 11 is 1.93. The Hall–Kier alpha value is -0.340. The van der Waals surface area contributed by atoms with E-state index in [0.29, 0.717) is 6.04 Å². The molecule has 1 aromatic heterocycles. The molecule has 2 heteroatoms. The molecule has 1 unspecified atom stereocenters. The molecule has 0 radical (unpaired) electrons. The molecule has 1 atom stereocenters. The Morgan fingerprint density at radius 1 is 1.25 bits per heavy atom. The molecule has 0 aromatic carbocycles. The molecule has 2 fully saturated rings. The molecule has 88 valence electrons. The summed E-state index contributed by atoms with van der Waals surface area (Å²) in [5.74, 6) is 1.89. The molecule has 1 heterocycles. The van der Waals surface area contributed by atoms with Crippen molar-refractivity contribution in [2.45, 2.75) is 44.6 Å². The zero-order valence-corrected chi connectivity index (χ0v) is 10.6. The van der Waals surface area contributed by atoms with Crippen LogP contribution in [0, 0.1) is 11.8 Å². The summed E-state index contributed by atoms with van der Waals surface area (Å²) in [4.78, 5) is 1.56. The van der Waals surface area contributed by atoms with Gasteiger partial charge in [0, 0.05) is 10.9 Å². The van der Waals surface area contributed by atoms with Gasteiger partial charge in [-0.05, 0) is 55.5 Å². The van der Waals surface area contributed by atoms with Crippen LogP contribution in [0.1, 0.15) is 49.4 Å². The van der Waals surface area contributed by atoms with Gasteiger partial charge in [0.2, 0.25) is 0 Å². The predicted octanol–water partition coefficient (Wildman–Crippen LogP) is 3.98. The fourth-order valence-corrected chi connectivity index (χ4v) is 3.77. The Morgan fingerprint density at radius 3 is 2.69 bits per heavy atom. The van der Waals surface area contributed by atoms with Gasteiger partial charge in [-0.15, -0.1) is 11.3 Å². The monoisotopic (exact) mass is 235 g/mol. The highest BCUT2D eigenvalue weighted by Crippen LogP contribution is 2.38. The Balaban J connectivity index is 1.66. The van der Waals surface area contributed by atoms with Crippen LogP contribution in [0.15, 0.2) is 17.5 Å². The van der Waals surface area contributed by atoms with Gasteiger partial charge in [-0.1, -0.05) is 18.9 Å². The molecular weight excluding hydrogens is 214 g/mol. The average molecular weight is 235 g/mol. The maximum Gasteiger partial charge on any atom is 0.0443 e. The highest BCUT2D eigenvalue weighted by Gasteiger charge is 2.29. The van der Waals surface area contributed by atoms with Crippen LogP contribution in [0.2, 0.25) is 0 Å². The van der Waals surface area contributed by atoms with E-state index in [1.807, 2.05) is 11.3 Å².